The van der Waals surface area contributed by atoms with E-state index in [2.05, 4.69) is 15.7 Å². The Labute approximate surface area is 188 Å². The molecule has 1 saturated carbocycles. The molecule has 0 radical (unpaired) electrons. The Kier molecular flexibility index (Phi) is 5.67. The van der Waals surface area contributed by atoms with Gasteiger partial charge in [0.05, 0.1) is 16.9 Å². The zero-order valence-corrected chi connectivity index (χ0v) is 18.2. The van der Waals surface area contributed by atoms with E-state index in [1.165, 1.54) is 24.3 Å². The van der Waals surface area contributed by atoms with Crippen LogP contribution in [-0.2, 0) is 15.8 Å². The second kappa shape index (κ2) is 8.20. The monoisotopic (exact) mass is 463 g/mol. The summed E-state index contributed by atoms with van der Waals surface area (Å²) in [6.45, 7) is 2.93. The summed E-state index contributed by atoms with van der Waals surface area (Å²) in [4.78, 5) is 39.2. The molecule has 11 heteroatoms. The van der Waals surface area contributed by atoms with Gasteiger partial charge in [0, 0.05) is 6.07 Å². The number of amides is 4. The normalized spacial score (nSPS) is 23.2. The maximum Gasteiger partial charge on any atom is 0.418 e. The van der Waals surface area contributed by atoms with Gasteiger partial charge in [-0.25, -0.2) is 9.48 Å². The molecule has 4 rings (SSSR count). The number of imide groups is 1. The Hall–Kier alpha value is -3.37. The van der Waals surface area contributed by atoms with Gasteiger partial charge in [0.2, 0.25) is 5.91 Å². The molecule has 2 N–H and O–H groups in total. The molecule has 176 valence electrons. The van der Waals surface area contributed by atoms with Gasteiger partial charge in [0.25, 0.3) is 5.91 Å². The number of hydrogen-bond donors (Lipinski definition) is 2. The van der Waals surface area contributed by atoms with Gasteiger partial charge < -0.3 is 10.6 Å². The van der Waals surface area contributed by atoms with Crippen molar-refractivity contribution in [2.75, 3.05) is 11.9 Å². The van der Waals surface area contributed by atoms with Crippen molar-refractivity contribution >= 4 is 23.7 Å². The summed E-state index contributed by atoms with van der Waals surface area (Å²) in [6, 6.07) is 5.65. The first-order valence-corrected chi connectivity index (χ1v) is 10.7. The molecule has 2 aliphatic rings. The first-order valence-electron chi connectivity index (χ1n) is 10.7. The minimum atomic E-state index is -4.62. The number of aromatic nitrogens is 2. The van der Waals surface area contributed by atoms with E-state index in [1.54, 1.807) is 6.92 Å². The number of halogens is 3. The predicted molar refractivity (Wildman–Crippen MR) is 113 cm³/mol. The molecule has 33 heavy (non-hydrogen) atoms. The zero-order valence-electron chi connectivity index (χ0n) is 18.2. The summed E-state index contributed by atoms with van der Waals surface area (Å²) < 4.78 is 41.4. The molecular weight excluding hydrogens is 439 g/mol. The molecule has 1 aliphatic carbocycles. The Bertz CT molecular complexity index is 1110. The minimum Gasteiger partial charge on any atom is -0.323 e. The van der Waals surface area contributed by atoms with Crippen LogP contribution in [0.5, 0.6) is 0 Å². The van der Waals surface area contributed by atoms with Crippen molar-refractivity contribution in [2.45, 2.75) is 51.2 Å². The van der Waals surface area contributed by atoms with Gasteiger partial charge in [0.1, 0.15) is 17.9 Å². The first kappa shape index (κ1) is 22.8. The molecule has 0 bridgehead atoms. The lowest BCUT2D eigenvalue weighted by molar-refractivity contribution is -0.137. The molecule has 1 aliphatic heterocycles. The Morgan fingerprint density at radius 1 is 1.27 bits per heavy atom. The highest BCUT2D eigenvalue weighted by Gasteiger charge is 2.55. The van der Waals surface area contributed by atoms with Crippen molar-refractivity contribution in [3.63, 3.8) is 0 Å². The third kappa shape index (κ3) is 4.07. The van der Waals surface area contributed by atoms with Crippen LogP contribution >= 0.6 is 0 Å². The number of nitrogens with one attached hydrogen (secondary N) is 2. The average molecular weight is 463 g/mol. The largest absolute Gasteiger partial charge is 0.418 e. The van der Waals surface area contributed by atoms with E-state index in [1.807, 2.05) is 6.92 Å². The maximum absolute atomic E-state index is 13.5. The van der Waals surface area contributed by atoms with Gasteiger partial charge in [-0.15, -0.1) is 0 Å². The van der Waals surface area contributed by atoms with E-state index >= 15 is 0 Å². The topological polar surface area (TPSA) is 96.3 Å². The van der Waals surface area contributed by atoms with Crippen molar-refractivity contribution < 1.29 is 27.6 Å². The molecule has 2 heterocycles. The number of urea groups is 1. The fraction of sp³-hybridized carbons (Fsp3) is 0.455. The van der Waals surface area contributed by atoms with Crippen LogP contribution in [0.2, 0.25) is 0 Å². The lowest BCUT2D eigenvalue weighted by Gasteiger charge is -2.36. The number of para-hydroxylation sites is 1. The van der Waals surface area contributed by atoms with Crippen molar-refractivity contribution in [1.29, 1.82) is 0 Å². The van der Waals surface area contributed by atoms with Crippen molar-refractivity contribution in [3.05, 3.63) is 41.6 Å². The van der Waals surface area contributed by atoms with E-state index < -0.39 is 41.7 Å². The second-order valence-electron chi connectivity index (χ2n) is 8.59. The smallest absolute Gasteiger partial charge is 0.323 e. The predicted octanol–water partition coefficient (Wildman–Crippen LogP) is 3.64. The standard InChI is InChI=1S/C22H24F3N5O3/c1-13-7-5-6-10-21(13)19(32)29(20(33)27-21)12-18(31)26-17-11-14(2)28-30(17)16-9-4-3-8-15(16)22(23,24)25/h3-4,8-9,11,13H,5-7,10,12H2,1-2H3,(H,26,31)(H,27,33). The number of carbonyl (C=O) groups excluding carboxylic acids is 3. The summed E-state index contributed by atoms with van der Waals surface area (Å²) in [6.07, 6.45) is -1.55. The second-order valence-corrected chi connectivity index (χ2v) is 8.59. The average Bonchev–Trinajstić information content (AvgIpc) is 3.22. The number of hydrogen-bond acceptors (Lipinski definition) is 4. The van der Waals surface area contributed by atoms with Crippen LogP contribution in [0.3, 0.4) is 0 Å². The Morgan fingerprint density at radius 2 is 2.00 bits per heavy atom. The Morgan fingerprint density at radius 3 is 2.70 bits per heavy atom. The van der Waals surface area contributed by atoms with E-state index in [9.17, 15) is 27.6 Å². The highest BCUT2D eigenvalue weighted by molar-refractivity contribution is 6.10. The number of aryl methyl sites for hydroxylation is 1. The van der Waals surface area contributed by atoms with Crippen LogP contribution < -0.4 is 10.6 Å². The molecule has 8 nitrogen and oxygen atoms in total. The van der Waals surface area contributed by atoms with Gasteiger partial charge in [-0.1, -0.05) is 31.9 Å². The van der Waals surface area contributed by atoms with Crippen LogP contribution in [0.15, 0.2) is 30.3 Å². The van der Waals surface area contributed by atoms with Crippen LogP contribution in [-0.4, -0.2) is 44.6 Å². The van der Waals surface area contributed by atoms with Gasteiger partial charge in [0.15, 0.2) is 0 Å². The highest BCUT2D eigenvalue weighted by atomic mass is 19.4. The molecular formula is C22H24F3N5O3. The third-order valence-electron chi connectivity index (χ3n) is 6.34. The molecule has 2 fully saturated rings. The number of rotatable bonds is 4. The highest BCUT2D eigenvalue weighted by Crippen LogP contribution is 2.38. The summed E-state index contributed by atoms with van der Waals surface area (Å²) in [5, 5.41) is 9.36. The quantitative estimate of drug-likeness (QED) is 0.677. The number of alkyl halides is 3. The maximum atomic E-state index is 13.5. The number of anilines is 1. The number of benzene rings is 1. The number of carbonyl (C=O) groups is 3. The van der Waals surface area contributed by atoms with E-state index in [-0.39, 0.29) is 17.4 Å². The van der Waals surface area contributed by atoms with E-state index in [4.69, 9.17) is 0 Å². The van der Waals surface area contributed by atoms with E-state index in [0.717, 1.165) is 34.9 Å². The van der Waals surface area contributed by atoms with Crippen LogP contribution in [0.25, 0.3) is 5.69 Å². The molecule has 1 spiro atoms. The lowest BCUT2D eigenvalue weighted by atomic mass is 9.73. The molecule has 2 aromatic rings. The van der Waals surface area contributed by atoms with Gasteiger partial charge in [-0.05, 0) is 37.8 Å². The van der Waals surface area contributed by atoms with E-state index in [0.29, 0.717) is 12.1 Å². The van der Waals surface area contributed by atoms with Crippen LogP contribution in [0, 0.1) is 12.8 Å². The van der Waals surface area contributed by atoms with Gasteiger partial charge in [-0.3, -0.25) is 14.5 Å². The molecule has 2 unspecified atom stereocenters. The summed E-state index contributed by atoms with van der Waals surface area (Å²) in [5.41, 5.74) is -1.78. The van der Waals surface area contributed by atoms with Gasteiger partial charge in [-0.2, -0.15) is 18.3 Å². The molecule has 1 aromatic heterocycles. The summed E-state index contributed by atoms with van der Waals surface area (Å²) in [7, 11) is 0. The molecule has 1 saturated heterocycles. The first-order chi connectivity index (χ1) is 15.5. The lowest BCUT2D eigenvalue weighted by Crippen LogP contribution is -2.54. The summed E-state index contributed by atoms with van der Waals surface area (Å²) >= 11 is 0. The van der Waals surface area contributed by atoms with Crippen LogP contribution in [0.1, 0.15) is 43.9 Å². The van der Waals surface area contributed by atoms with Crippen molar-refractivity contribution in [3.8, 4) is 5.69 Å². The molecule has 2 atom stereocenters. The SMILES string of the molecule is Cc1cc(NC(=O)CN2C(=O)NC3(CCCCC3C)C2=O)n(-c2ccccc2C(F)(F)F)n1. The van der Waals surface area contributed by atoms with Gasteiger partial charge >= 0.3 is 12.2 Å². The molecule has 1 aromatic carbocycles. The fourth-order valence-corrected chi connectivity index (χ4v) is 4.64. The third-order valence-corrected chi connectivity index (χ3v) is 6.34. The van der Waals surface area contributed by atoms with Crippen LogP contribution in [0.4, 0.5) is 23.8 Å². The van der Waals surface area contributed by atoms with Crippen molar-refractivity contribution in [1.82, 2.24) is 20.0 Å². The summed E-state index contributed by atoms with van der Waals surface area (Å²) in [5.74, 6) is -1.22. The van der Waals surface area contributed by atoms with Crippen molar-refractivity contribution in [2.24, 2.45) is 5.92 Å². The zero-order chi connectivity index (χ0) is 24.0. The number of nitrogens with zero attached hydrogens (tertiary/aromatic N) is 3. The Balaban J connectivity index is 1.56. The fourth-order valence-electron chi connectivity index (χ4n) is 4.64. The minimum absolute atomic E-state index is 0.00185. The molecule has 4 amide bonds.